The highest BCUT2D eigenvalue weighted by Crippen LogP contribution is 2.23. The van der Waals surface area contributed by atoms with Crippen molar-refractivity contribution in [1.82, 2.24) is 9.80 Å². The van der Waals surface area contributed by atoms with Gasteiger partial charge in [0.05, 0.1) is 25.9 Å². The first kappa shape index (κ1) is 23.6. The van der Waals surface area contributed by atoms with Gasteiger partial charge in [-0.15, -0.1) is 0 Å². The molecule has 7 nitrogen and oxygen atoms in total. The monoisotopic (exact) mass is 439 g/mol. The van der Waals surface area contributed by atoms with Crippen molar-refractivity contribution in [1.29, 1.82) is 0 Å². The summed E-state index contributed by atoms with van der Waals surface area (Å²) in [5, 5.41) is 2.95. The van der Waals surface area contributed by atoms with Crippen LogP contribution in [0.1, 0.15) is 25.3 Å². The number of amides is 2. The highest BCUT2D eigenvalue weighted by molar-refractivity contribution is 5.93. The summed E-state index contributed by atoms with van der Waals surface area (Å²) in [4.78, 5) is 29.3. The molecule has 3 rings (SSSR count). The van der Waals surface area contributed by atoms with Gasteiger partial charge in [0.2, 0.25) is 11.8 Å². The number of hydrogen-bond donors (Lipinski definition) is 1. The lowest BCUT2D eigenvalue weighted by Gasteiger charge is -2.22. The molecule has 32 heavy (non-hydrogen) atoms. The Morgan fingerprint density at radius 3 is 2.53 bits per heavy atom. The van der Waals surface area contributed by atoms with Gasteiger partial charge in [-0.1, -0.05) is 24.3 Å². The van der Waals surface area contributed by atoms with Crippen molar-refractivity contribution in [3.05, 3.63) is 54.1 Å². The number of para-hydroxylation sites is 2. The molecular weight excluding hydrogens is 406 g/mol. The van der Waals surface area contributed by atoms with Crippen LogP contribution in [0.4, 0.5) is 5.69 Å². The van der Waals surface area contributed by atoms with Gasteiger partial charge in [0.25, 0.3) is 0 Å². The molecule has 172 valence electrons. The Hall–Kier alpha value is -3.06. The van der Waals surface area contributed by atoms with Crippen molar-refractivity contribution in [3.63, 3.8) is 0 Å². The van der Waals surface area contributed by atoms with E-state index in [1.807, 2.05) is 60.4 Å². The number of nitrogens with one attached hydrogen (secondary N) is 1. The van der Waals surface area contributed by atoms with Crippen LogP contribution in [0.25, 0.3) is 0 Å². The standard InChI is InChI=1S/C25H33N3O4/c1-3-32-23-8-5-4-7-22(23)26-24(29)19-27-15-6-16-28(18-17-27)25(30)14-11-20-9-12-21(31-2)13-10-20/h4-5,7-10,12-13H,3,6,11,14-19H2,1-2H3,(H,26,29). The van der Waals surface area contributed by atoms with E-state index in [0.717, 1.165) is 30.8 Å². The zero-order valence-electron chi connectivity index (χ0n) is 19.0. The van der Waals surface area contributed by atoms with Crippen molar-refractivity contribution in [2.45, 2.75) is 26.2 Å². The van der Waals surface area contributed by atoms with Crippen LogP contribution in [0.3, 0.4) is 0 Å². The van der Waals surface area contributed by atoms with Crippen molar-refractivity contribution in [2.75, 3.05) is 51.8 Å². The van der Waals surface area contributed by atoms with Crippen molar-refractivity contribution >= 4 is 17.5 Å². The Labute approximate surface area is 190 Å². The first-order valence-corrected chi connectivity index (χ1v) is 11.2. The Morgan fingerprint density at radius 2 is 1.78 bits per heavy atom. The molecule has 1 aliphatic heterocycles. The largest absolute Gasteiger partial charge is 0.497 e. The second-order valence-corrected chi connectivity index (χ2v) is 7.84. The Balaban J connectivity index is 1.45. The topological polar surface area (TPSA) is 71.1 Å². The summed E-state index contributed by atoms with van der Waals surface area (Å²) in [5.41, 5.74) is 1.81. The molecule has 0 bridgehead atoms. The van der Waals surface area contributed by atoms with Crippen LogP contribution in [0.2, 0.25) is 0 Å². The molecule has 0 radical (unpaired) electrons. The van der Waals surface area contributed by atoms with E-state index < -0.39 is 0 Å². The van der Waals surface area contributed by atoms with Gasteiger partial charge in [0.1, 0.15) is 11.5 Å². The smallest absolute Gasteiger partial charge is 0.238 e. The number of hydrogen-bond acceptors (Lipinski definition) is 5. The molecule has 0 unspecified atom stereocenters. The number of ether oxygens (including phenoxy) is 2. The second-order valence-electron chi connectivity index (χ2n) is 7.84. The maximum atomic E-state index is 12.7. The number of nitrogens with zero attached hydrogens (tertiary/aromatic N) is 2. The van der Waals surface area contributed by atoms with E-state index in [-0.39, 0.29) is 11.8 Å². The lowest BCUT2D eigenvalue weighted by Crippen LogP contribution is -2.38. The van der Waals surface area contributed by atoms with Crippen LogP contribution in [0.15, 0.2) is 48.5 Å². The van der Waals surface area contributed by atoms with Gasteiger partial charge in [-0.25, -0.2) is 0 Å². The van der Waals surface area contributed by atoms with Gasteiger partial charge in [-0.05, 0) is 49.6 Å². The molecule has 1 saturated heterocycles. The number of methoxy groups -OCH3 is 1. The normalized spacial score (nSPS) is 14.5. The van der Waals surface area contributed by atoms with Gasteiger partial charge in [0.15, 0.2) is 0 Å². The Kier molecular flexibility index (Phi) is 8.92. The van der Waals surface area contributed by atoms with E-state index in [1.165, 1.54) is 0 Å². The highest BCUT2D eigenvalue weighted by Gasteiger charge is 2.20. The number of carbonyl (C=O) groups excluding carboxylic acids is 2. The third-order valence-electron chi connectivity index (χ3n) is 5.56. The number of anilines is 1. The minimum absolute atomic E-state index is 0.0727. The third kappa shape index (κ3) is 6.99. The van der Waals surface area contributed by atoms with Gasteiger partial charge < -0.3 is 19.7 Å². The number of rotatable bonds is 9. The summed E-state index contributed by atoms with van der Waals surface area (Å²) in [5.74, 6) is 1.58. The fourth-order valence-electron chi connectivity index (χ4n) is 3.82. The summed E-state index contributed by atoms with van der Waals surface area (Å²) in [6.07, 6.45) is 2.06. The molecule has 1 N–H and O–H groups in total. The number of carbonyl (C=O) groups is 2. The van der Waals surface area contributed by atoms with Crippen LogP contribution in [0, 0.1) is 0 Å². The molecule has 2 aromatic rings. The molecule has 1 aliphatic rings. The maximum Gasteiger partial charge on any atom is 0.238 e. The molecule has 2 aromatic carbocycles. The van der Waals surface area contributed by atoms with Crippen molar-refractivity contribution in [2.24, 2.45) is 0 Å². The summed E-state index contributed by atoms with van der Waals surface area (Å²) in [6, 6.07) is 15.3. The van der Waals surface area contributed by atoms with Gasteiger partial charge in [-0.2, -0.15) is 0 Å². The van der Waals surface area contributed by atoms with Gasteiger partial charge in [0, 0.05) is 32.6 Å². The summed E-state index contributed by atoms with van der Waals surface area (Å²) >= 11 is 0. The molecular formula is C25H33N3O4. The van der Waals surface area contributed by atoms with Crippen LogP contribution in [-0.4, -0.2) is 68.1 Å². The lowest BCUT2D eigenvalue weighted by atomic mass is 10.1. The minimum atomic E-state index is -0.0727. The van der Waals surface area contributed by atoms with E-state index >= 15 is 0 Å². The highest BCUT2D eigenvalue weighted by atomic mass is 16.5. The average molecular weight is 440 g/mol. The van der Waals surface area contributed by atoms with E-state index in [4.69, 9.17) is 9.47 Å². The van der Waals surface area contributed by atoms with Crippen LogP contribution >= 0.6 is 0 Å². The van der Waals surface area contributed by atoms with E-state index in [1.54, 1.807) is 7.11 Å². The third-order valence-corrected chi connectivity index (χ3v) is 5.56. The maximum absolute atomic E-state index is 12.7. The predicted octanol–water partition coefficient (Wildman–Crippen LogP) is 3.20. The predicted molar refractivity (Wildman–Crippen MR) is 125 cm³/mol. The molecule has 2 amide bonds. The van der Waals surface area contributed by atoms with Gasteiger partial charge in [-0.3, -0.25) is 14.5 Å². The molecule has 1 heterocycles. The molecule has 0 aliphatic carbocycles. The molecule has 0 atom stereocenters. The van der Waals surface area contributed by atoms with Crippen LogP contribution in [0.5, 0.6) is 11.5 Å². The fourth-order valence-corrected chi connectivity index (χ4v) is 3.82. The SMILES string of the molecule is CCOc1ccccc1NC(=O)CN1CCCN(C(=O)CCc2ccc(OC)cc2)CC1. The first-order valence-electron chi connectivity index (χ1n) is 11.2. The van der Waals surface area contributed by atoms with Crippen molar-refractivity contribution < 1.29 is 19.1 Å². The molecule has 0 saturated carbocycles. The fraction of sp³-hybridized carbons (Fsp3) is 0.440. The first-order chi connectivity index (χ1) is 15.6. The zero-order valence-corrected chi connectivity index (χ0v) is 19.0. The van der Waals surface area contributed by atoms with Gasteiger partial charge >= 0.3 is 0 Å². The summed E-state index contributed by atoms with van der Waals surface area (Å²) in [6.45, 7) is 5.62. The average Bonchev–Trinajstić information content (AvgIpc) is 3.05. The van der Waals surface area contributed by atoms with E-state index in [2.05, 4.69) is 10.2 Å². The Morgan fingerprint density at radius 1 is 1.00 bits per heavy atom. The molecule has 0 aromatic heterocycles. The number of aryl methyl sites for hydroxylation is 1. The van der Waals surface area contributed by atoms with Crippen molar-refractivity contribution in [3.8, 4) is 11.5 Å². The zero-order chi connectivity index (χ0) is 22.8. The quantitative estimate of drug-likeness (QED) is 0.650. The summed E-state index contributed by atoms with van der Waals surface area (Å²) < 4.78 is 10.8. The van der Waals surface area contributed by atoms with Crippen LogP contribution in [-0.2, 0) is 16.0 Å². The van der Waals surface area contributed by atoms with E-state index in [9.17, 15) is 9.59 Å². The van der Waals surface area contributed by atoms with Crippen LogP contribution < -0.4 is 14.8 Å². The number of benzene rings is 2. The molecule has 1 fully saturated rings. The summed E-state index contributed by atoms with van der Waals surface area (Å²) in [7, 11) is 1.64. The minimum Gasteiger partial charge on any atom is -0.497 e. The molecule has 0 spiro atoms. The Bertz CT molecular complexity index is 885. The molecule has 7 heteroatoms. The lowest BCUT2D eigenvalue weighted by molar-refractivity contribution is -0.131. The second kappa shape index (κ2) is 12.1. The van der Waals surface area contributed by atoms with E-state index in [0.29, 0.717) is 50.5 Å².